The van der Waals surface area contributed by atoms with Gasteiger partial charge in [0.2, 0.25) is 5.91 Å². The number of likely N-dealkylation sites (tertiary alicyclic amines) is 1. The van der Waals surface area contributed by atoms with E-state index in [2.05, 4.69) is 29.3 Å². The zero-order valence-electron chi connectivity index (χ0n) is 17.1. The molecule has 0 radical (unpaired) electrons. The molecule has 2 saturated heterocycles. The van der Waals surface area contributed by atoms with Crippen LogP contribution in [0.15, 0.2) is 48.7 Å². The molecule has 30 heavy (non-hydrogen) atoms. The van der Waals surface area contributed by atoms with Crippen molar-refractivity contribution in [2.75, 3.05) is 44.3 Å². The van der Waals surface area contributed by atoms with E-state index in [9.17, 15) is 4.79 Å². The number of hydrogen-bond acceptors (Lipinski definition) is 5. The lowest BCUT2D eigenvalue weighted by Crippen LogP contribution is -2.36. The number of pyridine rings is 1. The van der Waals surface area contributed by atoms with E-state index in [0.717, 1.165) is 62.8 Å². The molecule has 156 valence electrons. The fourth-order valence-corrected chi connectivity index (χ4v) is 4.32. The number of morpholine rings is 1. The minimum Gasteiger partial charge on any atom is -0.378 e. The van der Waals surface area contributed by atoms with Gasteiger partial charge in [-0.25, -0.2) is 9.50 Å². The molecule has 0 bridgehead atoms. The van der Waals surface area contributed by atoms with Crippen molar-refractivity contribution in [2.45, 2.75) is 25.2 Å². The number of aromatic nitrogens is 3. The van der Waals surface area contributed by atoms with Gasteiger partial charge in [-0.15, -0.1) is 0 Å². The van der Waals surface area contributed by atoms with Crippen LogP contribution in [0, 0.1) is 0 Å². The molecule has 7 heteroatoms. The third kappa shape index (κ3) is 4.03. The summed E-state index contributed by atoms with van der Waals surface area (Å²) in [5.41, 5.74) is 3.21. The molecule has 2 aromatic heterocycles. The second kappa shape index (κ2) is 8.44. The third-order valence-corrected chi connectivity index (χ3v) is 6.08. The number of carbonyl (C=O) groups excluding carboxylic acids is 1. The first-order valence-electron chi connectivity index (χ1n) is 10.8. The van der Waals surface area contributed by atoms with E-state index in [4.69, 9.17) is 14.8 Å². The number of amides is 1. The summed E-state index contributed by atoms with van der Waals surface area (Å²) in [4.78, 5) is 21.7. The molecule has 0 N–H and O–H groups in total. The first-order chi connectivity index (χ1) is 14.8. The number of carbonyl (C=O) groups is 1. The smallest absolute Gasteiger partial charge is 0.222 e. The molecule has 2 aliphatic rings. The van der Waals surface area contributed by atoms with Crippen molar-refractivity contribution in [3.63, 3.8) is 0 Å². The molecular weight excluding hydrogens is 378 g/mol. The van der Waals surface area contributed by atoms with Gasteiger partial charge < -0.3 is 14.5 Å². The van der Waals surface area contributed by atoms with E-state index in [0.29, 0.717) is 13.0 Å². The number of ether oxygens (including phenoxy) is 1. The second-order valence-corrected chi connectivity index (χ2v) is 8.07. The topological polar surface area (TPSA) is 63.0 Å². The Morgan fingerprint density at radius 1 is 1.07 bits per heavy atom. The van der Waals surface area contributed by atoms with Crippen LogP contribution < -0.4 is 4.90 Å². The zero-order chi connectivity index (χ0) is 20.3. The minimum atomic E-state index is 0.206. The van der Waals surface area contributed by atoms with E-state index < -0.39 is 0 Å². The predicted molar refractivity (Wildman–Crippen MR) is 115 cm³/mol. The number of nitrogens with zero attached hydrogens (tertiary/aromatic N) is 5. The molecule has 1 atom stereocenters. The SMILES string of the molecule is O=C(CCc1ccccc1)N1CC[C@H](c2nc3ccc(N4CCOCC4)cn3n2)C1. The molecule has 0 aliphatic carbocycles. The predicted octanol–water partition coefficient (Wildman–Crippen LogP) is 2.51. The Kier molecular flexibility index (Phi) is 5.36. The van der Waals surface area contributed by atoms with Crippen molar-refractivity contribution < 1.29 is 9.53 Å². The maximum Gasteiger partial charge on any atom is 0.222 e. The Hall–Kier alpha value is -2.93. The average molecular weight is 406 g/mol. The molecular formula is C23H27N5O2. The van der Waals surface area contributed by atoms with Crippen LogP contribution in [0.3, 0.4) is 0 Å². The number of anilines is 1. The van der Waals surface area contributed by atoms with Gasteiger partial charge in [-0.2, -0.15) is 5.10 Å². The summed E-state index contributed by atoms with van der Waals surface area (Å²) in [6, 6.07) is 14.3. The summed E-state index contributed by atoms with van der Waals surface area (Å²) in [7, 11) is 0. The minimum absolute atomic E-state index is 0.206. The number of benzene rings is 1. The van der Waals surface area contributed by atoms with E-state index in [-0.39, 0.29) is 11.8 Å². The quantitative estimate of drug-likeness (QED) is 0.653. The highest BCUT2D eigenvalue weighted by atomic mass is 16.5. The molecule has 0 unspecified atom stereocenters. The van der Waals surface area contributed by atoms with Crippen LogP contribution in [0.5, 0.6) is 0 Å². The van der Waals surface area contributed by atoms with Gasteiger partial charge in [-0.1, -0.05) is 30.3 Å². The molecule has 1 aromatic carbocycles. The van der Waals surface area contributed by atoms with Crippen molar-refractivity contribution >= 4 is 17.2 Å². The van der Waals surface area contributed by atoms with Crippen LogP contribution in [-0.2, 0) is 16.0 Å². The van der Waals surface area contributed by atoms with Crippen molar-refractivity contribution in [3.05, 3.63) is 60.0 Å². The summed E-state index contributed by atoms with van der Waals surface area (Å²) in [6.45, 7) is 4.81. The van der Waals surface area contributed by atoms with E-state index in [1.54, 1.807) is 0 Å². The number of hydrogen-bond donors (Lipinski definition) is 0. The maximum absolute atomic E-state index is 12.7. The number of fused-ring (bicyclic) bond motifs is 1. The van der Waals surface area contributed by atoms with Gasteiger partial charge in [-0.05, 0) is 30.5 Å². The highest BCUT2D eigenvalue weighted by Gasteiger charge is 2.29. The van der Waals surface area contributed by atoms with Gasteiger partial charge in [0, 0.05) is 38.5 Å². The fraction of sp³-hybridized carbons (Fsp3) is 0.435. The van der Waals surface area contributed by atoms with Gasteiger partial charge in [0.1, 0.15) is 0 Å². The Balaban J connectivity index is 1.23. The van der Waals surface area contributed by atoms with Crippen molar-refractivity contribution in [2.24, 2.45) is 0 Å². The van der Waals surface area contributed by atoms with Gasteiger partial charge in [0.15, 0.2) is 11.5 Å². The lowest BCUT2D eigenvalue weighted by atomic mass is 10.1. The average Bonchev–Trinajstić information content (AvgIpc) is 3.45. The van der Waals surface area contributed by atoms with Crippen LogP contribution in [0.4, 0.5) is 5.69 Å². The normalized spacial score (nSPS) is 19.5. The molecule has 3 aromatic rings. The van der Waals surface area contributed by atoms with E-state index in [1.165, 1.54) is 5.56 Å². The number of rotatable bonds is 5. The Morgan fingerprint density at radius 2 is 1.90 bits per heavy atom. The van der Waals surface area contributed by atoms with Gasteiger partial charge in [0.05, 0.1) is 25.1 Å². The lowest BCUT2D eigenvalue weighted by Gasteiger charge is -2.28. The van der Waals surface area contributed by atoms with Crippen molar-refractivity contribution in [1.29, 1.82) is 0 Å². The molecule has 0 saturated carbocycles. The maximum atomic E-state index is 12.7. The van der Waals surface area contributed by atoms with Crippen molar-refractivity contribution in [3.8, 4) is 0 Å². The molecule has 2 aliphatic heterocycles. The largest absolute Gasteiger partial charge is 0.378 e. The molecule has 4 heterocycles. The molecule has 1 amide bonds. The second-order valence-electron chi connectivity index (χ2n) is 8.07. The van der Waals surface area contributed by atoms with Crippen LogP contribution in [0.1, 0.15) is 30.1 Å². The van der Waals surface area contributed by atoms with E-state index >= 15 is 0 Å². The zero-order valence-corrected chi connectivity index (χ0v) is 17.1. The Morgan fingerprint density at radius 3 is 2.73 bits per heavy atom. The molecule has 7 nitrogen and oxygen atoms in total. The van der Waals surface area contributed by atoms with Crippen molar-refractivity contribution in [1.82, 2.24) is 19.5 Å². The summed E-state index contributed by atoms with van der Waals surface area (Å²) in [6.07, 6.45) is 4.31. The summed E-state index contributed by atoms with van der Waals surface area (Å²) >= 11 is 0. The van der Waals surface area contributed by atoms with Gasteiger partial charge >= 0.3 is 0 Å². The summed E-state index contributed by atoms with van der Waals surface area (Å²) in [5.74, 6) is 1.27. The lowest BCUT2D eigenvalue weighted by molar-refractivity contribution is -0.130. The monoisotopic (exact) mass is 405 g/mol. The molecule has 2 fully saturated rings. The highest BCUT2D eigenvalue weighted by Crippen LogP contribution is 2.26. The Labute approximate surface area is 176 Å². The highest BCUT2D eigenvalue weighted by molar-refractivity contribution is 5.76. The van der Waals surface area contributed by atoms with Gasteiger partial charge in [0.25, 0.3) is 0 Å². The number of aryl methyl sites for hydroxylation is 1. The fourth-order valence-electron chi connectivity index (χ4n) is 4.32. The van der Waals surface area contributed by atoms with E-state index in [1.807, 2.05) is 33.7 Å². The van der Waals surface area contributed by atoms with Crippen LogP contribution >= 0.6 is 0 Å². The van der Waals surface area contributed by atoms with Crippen LogP contribution in [-0.4, -0.2) is 64.8 Å². The van der Waals surface area contributed by atoms with Crippen LogP contribution in [0.25, 0.3) is 5.65 Å². The molecule has 5 rings (SSSR count). The first-order valence-corrected chi connectivity index (χ1v) is 10.8. The molecule has 0 spiro atoms. The Bertz CT molecular complexity index is 1010. The van der Waals surface area contributed by atoms with Gasteiger partial charge in [-0.3, -0.25) is 4.79 Å². The third-order valence-electron chi connectivity index (χ3n) is 6.08. The summed E-state index contributed by atoms with van der Waals surface area (Å²) in [5, 5.41) is 4.75. The standard InChI is InChI=1S/C23H27N5O2/c29-22(9-6-18-4-2-1-3-5-18)27-11-10-19(16-27)23-24-21-8-7-20(17-28(21)25-23)26-12-14-30-15-13-26/h1-5,7-8,17,19H,6,9-16H2/t19-/m0/s1. The first kappa shape index (κ1) is 19.1. The van der Waals surface area contributed by atoms with Crippen LogP contribution in [0.2, 0.25) is 0 Å². The summed E-state index contributed by atoms with van der Waals surface area (Å²) < 4.78 is 7.32.